The first-order valence-corrected chi connectivity index (χ1v) is 8.35. The maximum Gasteiger partial charge on any atom is 0.188 e. The molecule has 112 valence electrons. The van der Waals surface area contributed by atoms with Gasteiger partial charge >= 0.3 is 0 Å². The molecule has 1 aromatic heterocycles. The van der Waals surface area contributed by atoms with Crippen LogP contribution in [-0.2, 0) is 23.4 Å². The van der Waals surface area contributed by atoms with Gasteiger partial charge in [0.15, 0.2) is 15.7 Å². The molecule has 0 bridgehead atoms. The molecule has 1 aliphatic rings. The molecule has 2 aromatic rings. The Kier molecular flexibility index (Phi) is 3.73. The van der Waals surface area contributed by atoms with Crippen LogP contribution in [0.4, 0.5) is 0 Å². The van der Waals surface area contributed by atoms with Crippen LogP contribution in [0.5, 0.6) is 0 Å². The van der Waals surface area contributed by atoms with Crippen molar-refractivity contribution < 1.29 is 8.42 Å². The van der Waals surface area contributed by atoms with E-state index in [1.54, 1.807) is 31.3 Å². The highest BCUT2D eigenvalue weighted by Crippen LogP contribution is 2.31. The average molecular weight is 307 g/mol. The Labute approximate surface area is 123 Å². The highest BCUT2D eigenvalue weighted by atomic mass is 32.2. The molecule has 1 heterocycles. The van der Waals surface area contributed by atoms with Crippen LogP contribution in [0.15, 0.2) is 35.2 Å². The molecule has 0 atom stereocenters. The maximum absolute atomic E-state index is 12.4. The van der Waals surface area contributed by atoms with Crippen molar-refractivity contribution in [1.29, 1.82) is 0 Å². The number of aromatic nitrogens is 4. The van der Waals surface area contributed by atoms with Crippen molar-refractivity contribution in [3.05, 3.63) is 36.2 Å². The van der Waals surface area contributed by atoms with Crippen LogP contribution in [-0.4, -0.2) is 39.9 Å². The Bertz CT molecular complexity index is 707. The van der Waals surface area contributed by atoms with Crippen LogP contribution >= 0.6 is 0 Å². The predicted octanol–water partition coefficient (Wildman–Crippen LogP) is 0.305. The molecule has 1 saturated carbocycles. The molecule has 7 nitrogen and oxygen atoms in total. The molecule has 0 amide bonds. The van der Waals surface area contributed by atoms with E-state index in [1.165, 1.54) is 4.80 Å². The Balaban J connectivity index is 1.54. The van der Waals surface area contributed by atoms with Crippen LogP contribution in [0.1, 0.15) is 18.7 Å². The number of hydrogen-bond acceptors (Lipinski definition) is 6. The van der Waals surface area contributed by atoms with Gasteiger partial charge < -0.3 is 5.32 Å². The molecule has 0 spiro atoms. The lowest BCUT2D eigenvalue weighted by molar-refractivity contribution is 0.334. The van der Waals surface area contributed by atoms with Gasteiger partial charge in [-0.1, -0.05) is 18.2 Å². The lowest BCUT2D eigenvalue weighted by Crippen LogP contribution is -2.47. The summed E-state index contributed by atoms with van der Waals surface area (Å²) in [6.45, 7) is 0.511. The third-order valence-corrected chi connectivity index (χ3v) is 5.90. The van der Waals surface area contributed by atoms with Crippen LogP contribution in [0.25, 0.3) is 0 Å². The van der Waals surface area contributed by atoms with Crippen molar-refractivity contribution in [3.8, 4) is 0 Å². The average Bonchev–Trinajstić information content (AvgIpc) is 2.83. The number of benzene rings is 1. The third-order valence-electron chi connectivity index (χ3n) is 3.70. The van der Waals surface area contributed by atoms with E-state index in [0.717, 1.165) is 0 Å². The Morgan fingerprint density at radius 3 is 2.62 bits per heavy atom. The SMILES string of the molecule is Cn1nnc(CNC2CC(S(=O)(=O)c3ccccc3)C2)n1. The van der Waals surface area contributed by atoms with Gasteiger partial charge in [0.1, 0.15) is 0 Å². The lowest BCUT2D eigenvalue weighted by Gasteiger charge is -2.35. The van der Waals surface area contributed by atoms with E-state index in [4.69, 9.17) is 0 Å². The van der Waals surface area contributed by atoms with Crippen molar-refractivity contribution in [1.82, 2.24) is 25.5 Å². The first-order chi connectivity index (χ1) is 10.1. The minimum Gasteiger partial charge on any atom is -0.307 e. The summed E-state index contributed by atoms with van der Waals surface area (Å²) in [5.41, 5.74) is 0. The second kappa shape index (κ2) is 5.53. The molecule has 1 aromatic carbocycles. The van der Waals surface area contributed by atoms with Crippen LogP contribution < -0.4 is 5.32 Å². The summed E-state index contributed by atoms with van der Waals surface area (Å²) in [4.78, 5) is 1.81. The van der Waals surface area contributed by atoms with Gasteiger partial charge in [0.25, 0.3) is 0 Å². The van der Waals surface area contributed by atoms with E-state index in [9.17, 15) is 8.42 Å². The number of sulfone groups is 1. The highest BCUT2D eigenvalue weighted by Gasteiger charge is 2.39. The van der Waals surface area contributed by atoms with E-state index in [-0.39, 0.29) is 11.3 Å². The minimum atomic E-state index is -3.20. The molecular formula is C13H17N5O2S. The van der Waals surface area contributed by atoms with E-state index in [2.05, 4.69) is 20.7 Å². The molecule has 8 heteroatoms. The fraction of sp³-hybridized carbons (Fsp3) is 0.462. The molecule has 3 rings (SSSR count). The second-order valence-electron chi connectivity index (χ2n) is 5.22. The highest BCUT2D eigenvalue weighted by molar-refractivity contribution is 7.92. The van der Waals surface area contributed by atoms with Gasteiger partial charge in [-0.25, -0.2) is 8.42 Å². The summed E-state index contributed by atoms with van der Waals surface area (Å²) in [6.07, 6.45) is 1.25. The number of aryl methyl sites for hydroxylation is 1. The number of nitrogens with one attached hydrogen (secondary N) is 1. The third kappa shape index (κ3) is 2.96. The molecule has 21 heavy (non-hydrogen) atoms. The maximum atomic E-state index is 12.4. The monoisotopic (exact) mass is 307 g/mol. The molecule has 0 radical (unpaired) electrons. The number of nitrogens with zero attached hydrogens (tertiary/aromatic N) is 4. The molecule has 0 aliphatic heterocycles. The van der Waals surface area contributed by atoms with E-state index < -0.39 is 9.84 Å². The van der Waals surface area contributed by atoms with E-state index in [1.807, 2.05) is 6.07 Å². The van der Waals surface area contributed by atoms with E-state index >= 15 is 0 Å². The van der Waals surface area contributed by atoms with Gasteiger partial charge in [-0.3, -0.25) is 0 Å². The molecule has 1 aliphatic carbocycles. The summed E-state index contributed by atoms with van der Waals surface area (Å²) in [5, 5.41) is 14.7. The first-order valence-electron chi connectivity index (χ1n) is 6.81. The molecule has 1 fully saturated rings. The molecule has 0 unspecified atom stereocenters. The van der Waals surface area contributed by atoms with Crippen molar-refractivity contribution >= 4 is 9.84 Å². The number of tetrazole rings is 1. The summed E-state index contributed by atoms with van der Waals surface area (Å²) >= 11 is 0. The number of rotatable bonds is 5. The van der Waals surface area contributed by atoms with Crippen LogP contribution in [0, 0.1) is 0 Å². The predicted molar refractivity (Wildman–Crippen MR) is 76.1 cm³/mol. The van der Waals surface area contributed by atoms with Gasteiger partial charge in [-0.15, -0.1) is 10.2 Å². The normalized spacial score (nSPS) is 22.0. The Hall–Kier alpha value is -1.80. The summed E-state index contributed by atoms with van der Waals surface area (Å²) < 4.78 is 24.7. The Morgan fingerprint density at radius 2 is 2.00 bits per heavy atom. The van der Waals surface area contributed by atoms with Gasteiger partial charge in [0.2, 0.25) is 0 Å². The summed E-state index contributed by atoms with van der Waals surface area (Å²) in [5.74, 6) is 0.617. The van der Waals surface area contributed by atoms with Crippen molar-refractivity contribution in [2.75, 3.05) is 0 Å². The van der Waals surface area contributed by atoms with Gasteiger partial charge in [0, 0.05) is 6.04 Å². The Morgan fingerprint density at radius 1 is 1.29 bits per heavy atom. The van der Waals surface area contributed by atoms with Crippen LogP contribution in [0.2, 0.25) is 0 Å². The first kappa shape index (κ1) is 14.2. The minimum absolute atomic E-state index is 0.192. The smallest absolute Gasteiger partial charge is 0.188 e. The van der Waals surface area contributed by atoms with Crippen molar-refractivity contribution in [2.24, 2.45) is 7.05 Å². The fourth-order valence-corrected chi connectivity index (χ4v) is 4.31. The zero-order chi connectivity index (χ0) is 14.9. The van der Waals surface area contributed by atoms with E-state index in [0.29, 0.717) is 30.1 Å². The fourth-order valence-electron chi connectivity index (χ4n) is 2.42. The summed E-state index contributed by atoms with van der Waals surface area (Å²) in [7, 11) is -1.49. The summed E-state index contributed by atoms with van der Waals surface area (Å²) in [6, 6.07) is 8.82. The van der Waals surface area contributed by atoms with Crippen molar-refractivity contribution in [3.63, 3.8) is 0 Å². The second-order valence-corrected chi connectivity index (χ2v) is 7.45. The quantitative estimate of drug-likeness (QED) is 0.855. The molecule has 0 saturated heterocycles. The number of hydrogen-bond donors (Lipinski definition) is 1. The van der Waals surface area contributed by atoms with Gasteiger partial charge in [-0.2, -0.15) is 4.80 Å². The standard InChI is InChI=1S/C13H17N5O2S/c1-18-16-13(15-17-18)9-14-10-7-12(8-10)21(19,20)11-5-3-2-4-6-11/h2-6,10,12,14H,7-9H2,1H3. The van der Waals surface area contributed by atoms with Gasteiger partial charge in [-0.05, 0) is 30.2 Å². The van der Waals surface area contributed by atoms with Crippen molar-refractivity contribution in [2.45, 2.75) is 35.6 Å². The zero-order valence-corrected chi connectivity index (χ0v) is 12.5. The largest absolute Gasteiger partial charge is 0.307 e. The van der Waals surface area contributed by atoms with Gasteiger partial charge in [0.05, 0.1) is 23.7 Å². The zero-order valence-electron chi connectivity index (χ0n) is 11.7. The topological polar surface area (TPSA) is 89.8 Å². The molecular weight excluding hydrogens is 290 g/mol. The van der Waals surface area contributed by atoms with Crippen LogP contribution in [0.3, 0.4) is 0 Å². The lowest BCUT2D eigenvalue weighted by atomic mass is 9.92. The molecule has 1 N–H and O–H groups in total.